The molecule has 3 heteroatoms. The third-order valence-electron chi connectivity index (χ3n) is 3.42. The summed E-state index contributed by atoms with van der Waals surface area (Å²) in [5, 5.41) is 0. The van der Waals surface area contributed by atoms with E-state index in [9.17, 15) is 4.79 Å². The van der Waals surface area contributed by atoms with E-state index in [0.717, 1.165) is 24.2 Å². The molecule has 0 radical (unpaired) electrons. The van der Waals surface area contributed by atoms with Gasteiger partial charge in [0.05, 0.1) is 6.61 Å². The smallest absolute Gasteiger partial charge is 0.338 e. The average molecular weight is 310 g/mol. The van der Waals surface area contributed by atoms with Crippen LogP contribution in [0.25, 0.3) is 0 Å². The van der Waals surface area contributed by atoms with E-state index in [1.54, 1.807) is 13.0 Å². The number of hydrogen-bond donors (Lipinski definition) is 0. The molecule has 0 aromatic heterocycles. The highest BCUT2D eigenvalue weighted by Crippen LogP contribution is 2.26. The van der Waals surface area contributed by atoms with E-state index in [2.05, 4.69) is 18.7 Å². The van der Waals surface area contributed by atoms with Crippen molar-refractivity contribution < 1.29 is 14.3 Å². The van der Waals surface area contributed by atoms with Crippen LogP contribution in [0.2, 0.25) is 0 Å². The third kappa shape index (κ3) is 4.99. The lowest BCUT2D eigenvalue weighted by Crippen LogP contribution is -2.09. The Morgan fingerprint density at radius 3 is 2.48 bits per heavy atom. The molecule has 23 heavy (non-hydrogen) atoms. The molecule has 0 spiro atoms. The molecule has 2 aromatic rings. The zero-order valence-corrected chi connectivity index (χ0v) is 13.7. The molecule has 0 aliphatic carbocycles. The van der Waals surface area contributed by atoms with Gasteiger partial charge < -0.3 is 9.47 Å². The largest absolute Gasteiger partial charge is 0.494 e. The summed E-state index contributed by atoms with van der Waals surface area (Å²) in [4.78, 5) is 11.7. The molecule has 0 saturated heterocycles. The fourth-order valence-corrected chi connectivity index (χ4v) is 2.23. The maximum absolute atomic E-state index is 11.7. The van der Waals surface area contributed by atoms with E-state index in [0.29, 0.717) is 17.9 Å². The second kappa shape index (κ2) is 8.18. The molecular weight excluding hydrogens is 288 g/mol. The van der Waals surface area contributed by atoms with E-state index < -0.39 is 5.97 Å². The van der Waals surface area contributed by atoms with Gasteiger partial charge in [0.15, 0.2) is 0 Å². The van der Waals surface area contributed by atoms with E-state index in [1.165, 1.54) is 5.56 Å². The topological polar surface area (TPSA) is 35.5 Å². The van der Waals surface area contributed by atoms with Gasteiger partial charge in [0.2, 0.25) is 0 Å². The van der Waals surface area contributed by atoms with Crippen LogP contribution in [-0.2, 0) is 17.6 Å². The summed E-state index contributed by atoms with van der Waals surface area (Å²) in [6.07, 6.45) is 1.72. The molecular formula is C20H22O3. The molecule has 0 aliphatic rings. The van der Waals surface area contributed by atoms with Gasteiger partial charge in [0.25, 0.3) is 0 Å². The molecule has 0 aliphatic heterocycles. The second-order valence-corrected chi connectivity index (χ2v) is 5.36. The highest BCUT2D eigenvalue weighted by Gasteiger charge is 2.10. The maximum atomic E-state index is 11.7. The molecule has 3 nitrogen and oxygen atoms in total. The van der Waals surface area contributed by atoms with Crippen molar-refractivity contribution in [3.8, 4) is 11.5 Å². The molecule has 120 valence electrons. The first-order valence-corrected chi connectivity index (χ1v) is 7.77. The van der Waals surface area contributed by atoms with Crippen molar-refractivity contribution in [1.29, 1.82) is 0 Å². The molecule has 0 heterocycles. The van der Waals surface area contributed by atoms with Crippen molar-refractivity contribution in [3.63, 3.8) is 0 Å². The van der Waals surface area contributed by atoms with Crippen LogP contribution >= 0.6 is 0 Å². The van der Waals surface area contributed by atoms with Crippen molar-refractivity contribution in [1.82, 2.24) is 0 Å². The number of aryl methyl sites for hydroxylation is 2. The minimum Gasteiger partial charge on any atom is -0.494 e. The number of ether oxygens (including phenoxy) is 2. The fraction of sp³-hybridized carbons (Fsp3) is 0.250. The Balaban J connectivity index is 2.16. The van der Waals surface area contributed by atoms with Crippen molar-refractivity contribution in [3.05, 3.63) is 71.8 Å². The number of hydrogen-bond acceptors (Lipinski definition) is 3. The van der Waals surface area contributed by atoms with Gasteiger partial charge in [0, 0.05) is 5.57 Å². The van der Waals surface area contributed by atoms with Gasteiger partial charge in [-0.1, -0.05) is 36.9 Å². The Morgan fingerprint density at radius 2 is 1.83 bits per heavy atom. The molecule has 0 bridgehead atoms. The Morgan fingerprint density at radius 1 is 1.09 bits per heavy atom. The third-order valence-corrected chi connectivity index (χ3v) is 3.42. The molecule has 0 atom stereocenters. The van der Waals surface area contributed by atoms with Crippen LogP contribution in [0, 0.1) is 0 Å². The first kappa shape index (κ1) is 16.8. The van der Waals surface area contributed by atoms with Crippen LogP contribution < -0.4 is 9.47 Å². The first-order chi connectivity index (χ1) is 11.1. The quantitative estimate of drug-likeness (QED) is 0.433. The van der Waals surface area contributed by atoms with Crippen molar-refractivity contribution in [2.45, 2.75) is 26.7 Å². The lowest BCUT2D eigenvalue weighted by Gasteiger charge is -2.12. The van der Waals surface area contributed by atoms with Crippen molar-refractivity contribution in [2.24, 2.45) is 0 Å². The second-order valence-electron chi connectivity index (χ2n) is 5.36. The summed E-state index contributed by atoms with van der Waals surface area (Å²) in [6.45, 7) is 7.78. The van der Waals surface area contributed by atoms with Gasteiger partial charge in [0.1, 0.15) is 11.5 Å². The highest BCUT2D eigenvalue weighted by atomic mass is 16.5. The predicted molar refractivity (Wildman–Crippen MR) is 91.9 cm³/mol. The summed E-state index contributed by atoms with van der Waals surface area (Å²) in [5.74, 6) is 0.936. The normalized spacial score (nSPS) is 10.2. The Kier molecular flexibility index (Phi) is 5.98. The number of benzene rings is 2. The van der Waals surface area contributed by atoms with Crippen LogP contribution in [0.3, 0.4) is 0 Å². The van der Waals surface area contributed by atoms with E-state index >= 15 is 0 Å². The summed E-state index contributed by atoms with van der Waals surface area (Å²) in [6, 6.07) is 15.7. The maximum Gasteiger partial charge on any atom is 0.338 e. The Bertz CT molecular complexity index is 675. The van der Waals surface area contributed by atoms with Crippen molar-refractivity contribution in [2.75, 3.05) is 6.61 Å². The average Bonchev–Trinajstić information content (AvgIpc) is 2.56. The monoisotopic (exact) mass is 310 g/mol. The molecule has 2 aromatic carbocycles. The SMILES string of the molecule is C=C(C)C(=O)Oc1ccc(OCC)c(CCc2ccccc2)c1. The minimum atomic E-state index is -0.414. The van der Waals surface area contributed by atoms with Crippen LogP contribution in [0.4, 0.5) is 0 Å². The number of esters is 1. The van der Waals surface area contributed by atoms with Crippen molar-refractivity contribution >= 4 is 5.97 Å². The van der Waals surface area contributed by atoms with E-state index in [1.807, 2.05) is 37.3 Å². The number of rotatable bonds is 7. The minimum absolute atomic E-state index is 0.379. The van der Waals surface area contributed by atoms with Gasteiger partial charge in [-0.3, -0.25) is 0 Å². The van der Waals surface area contributed by atoms with Crippen LogP contribution in [-0.4, -0.2) is 12.6 Å². The molecule has 0 amide bonds. The van der Waals surface area contributed by atoms with E-state index in [-0.39, 0.29) is 0 Å². The number of carbonyl (C=O) groups is 1. The van der Waals surface area contributed by atoms with Gasteiger partial charge in [-0.15, -0.1) is 0 Å². The van der Waals surface area contributed by atoms with Crippen LogP contribution in [0.5, 0.6) is 11.5 Å². The molecule has 2 rings (SSSR count). The Hall–Kier alpha value is -2.55. The molecule has 0 N–H and O–H groups in total. The number of carbonyl (C=O) groups excluding carboxylic acids is 1. The fourth-order valence-electron chi connectivity index (χ4n) is 2.23. The van der Waals surface area contributed by atoms with Gasteiger partial charge in [-0.2, -0.15) is 0 Å². The summed E-state index contributed by atoms with van der Waals surface area (Å²) in [5.41, 5.74) is 2.67. The zero-order chi connectivity index (χ0) is 16.7. The predicted octanol–water partition coefficient (Wildman–Crippen LogP) is 4.35. The summed E-state index contributed by atoms with van der Waals surface area (Å²) in [7, 11) is 0. The lowest BCUT2D eigenvalue weighted by molar-refractivity contribution is -0.130. The van der Waals surface area contributed by atoms with Gasteiger partial charge in [-0.25, -0.2) is 4.79 Å². The van der Waals surface area contributed by atoms with Crippen LogP contribution in [0.15, 0.2) is 60.7 Å². The summed E-state index contributed by atoms with van der Waals surface area (Å²) < 4.78 is 11.0. The lowest BCUT2D eigenvalue weighted by atomic mass is 10.0. The standard InChI is InChI=1S/C20H22O3/c1-4-22-19-13-12-18(23-20(21)15(2)3)14-17(19)11-10-16-8-6-5-7-9-16/h5-9,12-14H,2,4,10-11H2,1,3H3. The van der Waals surface area contributed by atoms with Gasteiger partial charge >= 0.3 is 5.97 Å². The van der Waals surface area contributed by atoms with Gasteiger partial charge in [-0.05, 0) is 56.0 Å². The zero-order valence-electron chi connectivity index (χ0n) is 13.7. The summed E-state index contributed by atoms with van der Waals surface area (Å²) >= 11 is 0. The molecule has 0 fully saturated rings. The first-order valence-electron chi connectivity index (χ1n) is 7.77. The van der Waals surface area contributed by atoms with E-state index in [4.69, 9.17) is 9.47 Å². The molecule has 0 unspecified atom stereocenters. The Labute approximate surface area is 137 Å². The van der Waals surface area contributed by atoms with Crippen LogP contribution in [0.1, 0.15) is 25.0 Å². The molecule has 0 saturated carbocycles. The highest BCUT2D eigenvalue weighted by molar-refractivity contribution is 5.88.